The summed E-state index contributed by atoms with van der Waals surface area (Å²) in [6, 6.07) is 14.1. The Morgan fingerprint density at radius 1 is 1.14 bits per heavy atom. The first-order valence-corrected chi connectivity index (χ1v) is 15.8. The van der Waals surface area contributed by atoms with Gasteiger partial charge in [-0.15, -0.1) is 0 Å². The number of hydrogen-bond acceptors (Lipinski definition) is 7. The number of benzene rings is 2. The summed E-state index contributed by atoms with van der Waals surface area (Å²) in [5.74, 6) is 1.87. The summed E-state index contributed by atoms with van der Waals surface area (Å²) in [6.45, 7) is 7.46. The predicted molar refractivity (Wildman–Crippen MR) is 164 cm³/mol. The van der Waals surface area contributed by atoms with Crippen LogP contribution in [-0.2, 0) is 16.1 Å². The Hall–Kier alpha value is -3.28. The number of nitrogens with zero attached hydrogens (tertiary/aromatic N) is 1. The van der Waals surface area contributed by atoms with Crippen LogP contribution < -0.4 is 19.5 Å². The molecule has 1 fully saturated rings. The van der Waals surface area contributed by atoms with E-state index in [0.29, 0.717) is 52.7 Å². The minimum absolute atomic E-state index is 0.114. The average Bonchev–Trinajstić information content (AvgIpc) is 2.97. The molecule has 3 atom stereocenters. The van der Waals surface area contributed by atoms with Crippen LogP contribution in [0.25, 0.3) is 0 Å². The Labute approximate surface area is 257 Å². The Morgan fingerprint density at radius 3 is 2.74 bits per heavy atom. The number of nitriles is 1. The van der Waals surface area contributed by atoms with Crippen molar-refractivity contribution in [3.8, 4) is 23.3 Å². The van der Waals surface area contributed by atoms with Crippen LogP contribution in [0, 0.1) is 17.2 Å². The summed E-state index contributed by atoms with van der Waals surface area (Å²) >= 11 is 3.72. The molecule has 0 saturated carbocycles. The SMILES string of the molecule is CCCC1CC(=O)C2=C(C1)NC(C)=C(C#N)C2c1cc(Br)c(OCc2cccc(OC3CCCCO3)c2)c(OCC)c1. The third kappa shape index (κ3) is 6.68. The van der Waals surface area contributed by atoms with Crippen molar-refractivity contribution in [2.75, 3.05) is 13.2 Å². The molecule has 2 aromatic rings. The fourth-order valence-corrected chi connectivity index (χ4v) is 6.77. The number of ketones is 1. The monoisotopic (exact) mass is 634 g/mol. The van der Waals surface area contributed by atoms with E-state index >= 15 is 0 Å². The molecule has 3 aliphatic rings. The van der Waals surface area contributed by atoms with E-state index in [9.17, 15) is 10.1 Å². The van der Waals surface area contributed by atoms with Crippen LogP contribution in [0.2, 0.25) is 0 Å². The summed E-state index contributed by atoms with van der Waals surface area (Å²) in [6.07, 6.45) is 6.24. The molecule has 0 aromatic heterocycles. The highest BCUT2D eigenvalue weighted by molar-refractivity contribution is 9.10. The molecule has 0 radical (unpaired) electrons. The van der Waals surface area contributed by atoms with Gasteiger partial charge in [0.05, 0.1) is 35.2 Å². The first-order valence-electron chi connectivity index (χ1n) is 15.0. The lowest BCUT2D eigenvalue weighted by Gasteiger charge is -2.35. The van der Waals surface area contributed by atoms with Gasteiger partial charge in [-0.2, -0.15) is 5.26 Å². The van der Waals surface area contributed by atoms with Crippen LogP contribution in [0.15, 0.2) is 63.4 Å². The number of hydrogen-bond donors (Lipinski definition) is 1. The summed E-state index contributed by atoms with van der Waals surface area (Å²) in [4.78, 5) is 13.5. The predicted octanol–water partition coefficient (Wildman–Crippen LogP) is 7.85. The van der Waals surface area contributed by atoms with Crippen molar-refractivity contribution in [3.05, 3.63) is 74.5 Å². The molecule has 0 spiro atoms. The van der Waals surface area contributed by atoms with E-state index in [-0.39, 0.29) is 12.1 Å². The highest BCUT2D eigenvalue weighted by Crippen LogP contribution is 2.47. The molecule has 1 saturated heterocycles. The van der Waals surface area contributed by atoms with Crippen molar-refractivity contribution in [2.24, 2.45) is 5.92 Å². The summed E-state index contributed by atoms with van der Waals surface area (Å²) in [5, 5.41) is 13.6. The number of carbonyl (C=O) groups excluding carboxylic acids is 1. The zero-order valence-electron chi connectivity index (χ0n) is 24.6. The largest absolute Gasteiger partial charge is 0.490 e. The van der Waals surface area contributed by atoms with E-state index < -0.39 is 5.92 Å². The van der Waals surface area contributed by atoms with Gasteiger partial charge in [0.2, 0.25) is 0 Å². The highest BCUT2D eigenvalue weighted by atomic mass is 79.9. The average molecular weight is 636 g/mol. The molecule has 5 rings (SSSR count). The third-order valence-corrected chi connectivity index (χ3v) is 8.67. The number of allylic oxidation sites excluding steroid dienone is 4. The van der Waals surface area contributed by atoms with Crippen LogP contribution >= 0.6 is 15.9 Å². The fraction of sp³-hybridized carbons (Fsp3) is 0.471. The Bertz CT molecular complexity index is 1420. The first kappa shape index (κ1) is 30.2. The molecular formula is C34H39BrN2O5. The second-order valence-electron chi connectivity index (χ2n) is 11.2. The zero-order chi connectivity index (χ0) is 29.6. The number of rotatable bonds is 10. The van der Waals surface area contributed by atoms with Crippen LogP contribution in [0.4, 0.5) is 0 Å². The maximum Gasteiger partial charge on any atom is 0.199 e. The van der Waals surface area contributed by atoms with Gasteiger partial charge in [-0.25, -0.2) is 0 Å². The van der Waals surface area contributed by atoms with Crippen LogP contribution in [0.3, 0.4) is 0 Å². The van der Waals surface area contributed by atoms with Crippen molar-refractivity contribution in [1.29, 1.82) is 5.26 Å². The minimum atomic E-state index is -0.457. The van der Waals surface area contributed by atoms with Crippen molar-refractivity contribution in [1.82, 2.24) is 5.32 Å². The van der Waals surface area contributed by atoms with Crippen molar-refractivity contribution >= 4 is 21.7 Å². The van der Waals surface area contributed by atoms with E-state index in [1.165, 1.54) is 0 Å². The van der Waals surface area contributed by atoms with Crippen molar-refractivity contribution < 1.29 is 23.7 Å². The molecule has 1 aliphatic carbocycles. The van der Waals surface area contributed by atoms with Crippen LogP contribution in [-0.4, -0.2) is 25.3 Å². The normalized spacial score (nSPS) is 22.3. The van der Waals surface area contributed by atoms with Gasteiger partial charge in [0.1, 0.15) is 12.4 Å². The number of ether oxygens (including phenoxy) is 4. The van der Waals surface area contributed by atoms with Gasteiger partial charge >= 0.3 is 0 Å². The quantitative estimate of drug-likeness (QED) is 0.284. The topological polar surface area (TPSA) is 89.8 Å². The number of carbonyl (C=O) groups is 1. The zero-order valence-corrected chi connectivity index (χ0v) is 26.2. The number of dihydropyridines is 1. The van der Waals surface area contributed by atoms with E-state index in [1.807, 2.05) is 50.2 Å². The lowest BCUT2D eigenvalue weighted by atomic mass is 9.72. The van der Waals surface area contributed by atoms with Crippen molar-refractivity contribution in [3.63, 3.8) is 0 Å². The summed E-state index contributed by atoms with van der Waals surface area (Å²) in [7, 11) is 0. The van der Waals surface area contributed by atoms with Crippen LogP contribution in [0.5, 0.6) is 17.2 Å². The van der Waals surface area contributed by atoms with E-state index in [1.54, 1.807) is 0 Å². The standard InChI is InChI=1S/C34H39BrN2O5/c1-4-9-22-15-28-33(29(38)16-22)32(26(19-36)21(3)37-28)24-17-27(35)34(30(18-24)39-5-2)41-20-23-10-8-11-25(14-23)42-31-12-6-7-13-40-31/h8,10-11,14,17-18,22,31-32,37H,4-7,9,12-13,15-16,20H2,1-3H3. The number of Topliss-reactive ketones (excluding diaryl/α,β-unsaturated/α-hetero) is 1. The molecule has 8 heteroatoms. The van der Waals surface area contributed by atoms with Gasteiger partial charge in [0.25, 0.3) is 0 Å². The van der Waals surface area contributed by atoms with E-state index in [0.717, 1.165) is 73.4 Å². The Morgan fingerprint density at radius 2 is 2.00 bits per heavy atom. The Kier molecular flexibility index (Phi) is 9.91. The smallest absolute Gasteiger partial charge is 0.199 e. The molecule has 1 N–H and O–H groups in total. The summed E-state index contributed by atoms with van der Waals surface area (Å²) < 4.78 is 24.8. The van der Waals surface area contributed by atoms with Crippen LogP contribution in [0.1, 0.15) is 82.8 Å². The second-order valence-corrected chi connectivity index (χ2v) is 12.1. The molecule has 2 aromatic carbocycles. The molecule has 3 unspecified atom stereocenters. The lowest BCUT2D eigenvalue weighted by molar-refractivity contribution is -0.117. The third-order valence-electron chi connectivity index (χ3n) is 8.08. The molecule has 7 nitrogen and oxygen atoms in total. The number of nitrogens with one attached hydrogen (secondary N) is 1. The number of halogens is 1. The fourth-order valence-electron chi connectivity index (χ4n) is 6.19. The second kappa shape index (κ2) is 13.8. The molecule has 0 amide bonds. The first-order chi connectivity index (χ1) is 20.4. The minimum Gasteiger partial charge on any atom is -0.490 e. The summed E-state index contributed by atoms with van der Waals surface area (Å²) in [5.41, 5.74) is 4.77. The van der Waals surface area contributed by atoms with Gasteiger partial charge < -0.3 is 24.3 Å². The van der Waals surface area contributed by atoms with Gasteiger partial charge in [0.15, 0.2) is 23.6 Å². The molecular weight excluding hydrogens is 596 g/mol. The molecule has 222 valence electrons. The Balaban J connectivity index is 1.42. The lowest BCUT2D eigenvalue weighted by Crippen LogP contribution is -2.34. The highest BCUT2D eigenvalue weighted by Gasteiger charge is 2.39. The maximum absolute atomic E-state index is 13.5. The molecule has 42 heavy (non-hydrogen) atoms. The molecule has 2 heterocycles. The maximum atomic E-state index is 13.5. The van der Waals surface area contributed by atoms with Gasteiger partial charge in [-0.05, 0) is 96.8 Å². The molecule has 2 aliphatic heterocycles. The van der Waals surface area contributed by atoms with Gasteiger partial charge in [-0.3, -0.25) is 4.79 Å². The van der Waals surface area contributed by atoms with Gasteiger partial charge in [0, 0.05) is 29.8 Å². The molecule has 0 bridgehead atoms. The van der Waals surface area contributed by atoms with E-state index in [2.05, 4.69) is 34.2 Å². The van der Waals surface area contributed by atoms with Gasteiger partial charge in [-0.1, -0.05) is 25.5 Å². The van der Waals surface area contributed by atoms with E-state index in [4.69, 9.17) is 18.9 Å². The van der Waals surface area contributed by atoms with Crippen molar-refractivity contribution in [2.45, 2.75) is 84.5 Å².